The van der Waals surface area contributed by atoms with E-state index in [9.17, 15) is 12.3 Å². The van der Waals surface area contributed by atoms with Gasteiger partial charge in [-0.25, -0.2) is 0 Å². The first-order valence-electron chi connectivity index (χ1n) is 3.22. The maximum Gasteiger partial charge on any atom is 0.333 e. The molecule has 0 unspecified atom stereocenters. The molecule has 0 aliphatic carbocycles. The minimum Gasteiger partial charge on any atom is -0.189 e. The molecule has 0 aliphatic heterocycles. The van der Waals surface area contributed by atoms with E-state index in [4.69, 9.17) is 23.2 Å². The molecule has 0 radical (unpaired) electrons. The highest BCUT2D eigenvalue weighted by Gasteiger charge is 2.17. The van der Waals surface area contributed by atoms with Crippen molar-refractivity contribution in [3.8, 4) is 0 Å². The zero-order valence-electron chi connectivity index (χ0n) is 6.51. The highest BCUT2D eigenvalue weighted by atomic mass is 35.5. The van der Waals surface area contributed by atoms with Crippen LogP contribution in [0.25, 0.3) is 0 Å². The predicted molar refractivity (Wildman–Crippen MR) is 49.5 cm³/mol. The lowest BCUT2D eigenvalue weighted by Crippen LogP contribution is -1.94. The van der Waals surface area contributed by atoms with Crippen molar-refractivity contribution in [1.29, 1.82) is 0 Å². The average molecular weight is 243 g/mol. The van der Waals surface area contributed by atoms with Crippen LogP contribution in [-0.4, -0.2) is 8.42 Å². The molecule has 6 heteroatoms. The Morgan fingerprint density at radius 1 is 1.23 bits per heavy atom. The van der Waals surface area contributed by atoms with Crippen LogP contribution in [0.4, 0.5) is 3.89 Å². The summed E-state index contributed by atoms with van der Waals surface area (Å²) in [6.45, 7) is 1.56. The molecule has 0 saturated carbocycles. The summed E-state index contributed by atoms with van der Waals surface area (Å²) in [4.78, 5) is -0.545. The Morgan fingerprint density at radius 2 is 1.77 bits per heavy atom. The van der Waals surface area contributed by atoms with Gasteiger partial charge in [-0.1, -0.05) is 23.2 Å². The maximum atomic E-state index is 12.5. The Kier molecular flexibility index (Phi) is 2.85. The van der Waals surface area contributed by atoms with Gasteiger partial charge in [-0.15, -0.1) is 3.89 Å². The molecule has 0 atom stereocenters. The predicted octanol–water partition coefficient (Wildman–Crippen LogP) is 2.96. The summed E-state index contributed by atoms with van der Waals surface area (Å²) < 4.78 is 33.6. The zero-order valence-corrected chi connectivity index (χ0v) is 8.84. The molecule has 1 rings (SSSR count). The molecular weight excluding hydrogens is 238 g/mol. The fraction of sp³-hybridized carbons (Fsp3) is 0.143. The van der Waals surface area contributed by atoms with Crippen molar-refractivity contribution in [3.05, 3.63) is 27.7 Å². The molecule has 0 heterocycles. The van der Waals surface area contributed by atoms with Crippen LogP contribution < -0.4 is 0 Å². The van der Waals surface area contributed by atoms with Crippen LogP contribution in [0.15, 0.2) is 17.0 Å². The minimum absolute atomic E-state index is 0.210. The zero-order chi connectivity index (χ0) is 10.2. The van der Waals surface area contributed by atoms with E-state index in [0.717, 1.165) is 6.07 Å². The third-order valence-electron chi connectivity index (χ3n) is 1.48. The van der Waals surface area contributed by atoms with E-state index in [2.05, 4.69) is 0 Å². The number of rotatable bonds is 1. The molecule has 0 N–H and O–H groups in total. The van der Waals surface area contributed by atoms with Gasteiger partial charge in [-0.05, 0) is 24.6 Å². The maximum absolute atomic E-state index is 12.5. The smallest absolute Gasteiger partial charge is 0.189 e. The van der Waals surface area contributed by atoms with E-state index >= 15 is 0 Å². The van der Waals surface area contributed by atoms with Crippen LogP contribution in [0.1, 0.15) is 5.56 Å². The Morgan fingerprint density at radius 3 is 2.23 bits per heavy atom. The number of hydrogen-bond donors (Lipinski definition) is 0. The third kappa shape index (κ3) is 2.33. The van der Waals surface area contributed by atoms with Crippen LogP contribution in [0, 0.1) is 6.92 Å². The van der Waals surface area contributed by atoms with Crippen molar-refractivity contribution < 1.29 is 12.3 Å². The molecule has 1 aromatic carbocycles. The number of halogens is 3. The molecule has 0 fully saturated rings. The summed E-state index contributed by atoms with van der Waals surface area (Å²) >= 11 is 11.1. The second kappa shape index (κ2) is 3.44. The lowest BCUT2D eigenvalue weighted by molar-refractivity contribution is 0.552. The SMILES string of the molecule is Cc1cc(S(=O)(=O)F)c(Cl)cc1Cl. The first-order chi connectivity index (χ1) is 5.82. The van der Waals surface area contributed by atoms with E-state index in [1.165, 1.54) is 6.07 Å². The van der Waals surface area contributed by atoms with Crippen LogP contribution in [-0.2, 0) is 10.2 Å². The Labute approximate surface area is 85.5 Å². The van der Waals surface area contributed by atoms with Gasteiger partial charge in [0, 0.05) is 5.02 Å². The average Bonchev–Trinajstić information content (AvgIpc) is 1.94. The van der Waals surface area contributed by atoms with E-state index in [-0.39, 0.29) is 5.02 Å². The summed E-state index contributed by atoms with van der Waals surface area (Å²) in [5.41, 5.74) is 0.460. The summed E-state index contributed by atoms with van der Waals surface area (Å²) in [6.07, 6.45) is 0. The van der Waals surface area contributed by atoms with Crippen molar-refractivity contribution in [2.45, 2.75) is 11.8 Å². The van der Waals surface area contributed by atoms with Crippen molar-refractivity contribution >= 4 is 33.4 Å². The monoisotopic (exact) mass is 242 g/mol. The summed E-state index contributed by atoms with van der Waals surface area (Å²) in [6, 6.07) is 2.30. The lowest BCUT2D eigenvalue weighted by atomic mass is 10.2. The normalized spacial score (nSPS) is 11.7. The standard InChI is InChI=1S/C7H5Cl2FO2S/c1-4-2-7(13(10,11)12)6(9)3-5(4)8/h2-3H,1H3. The van der Waals surface area contributed by atoms with E-state index in [0.29, 0.717) is 10.6 Å². The molecule has 0 bridgehead atoms. The van der Waals surface area contributed by atoms with Gasteiger partial charge < -0.3 is 0 Å². The lowest BCUT2D eigenvalue weighted by Gasteiger charge is -2.02. The quantitative estimate of drug-likeness (QED) is 0.710. The first kappa shape index (κ1) is 10.8. The Balaban J connectivity index is 3.50. The summed E-state index contributed by atoms with van der Waals surface area (Å²) in [5.74, 6) is 0. The summed E-state index contributed by atoms with van der Waals surface area (Å²) in [7, 11) is -4.76. The van der Waals surface area contributed by atoms with E-state index < -0.39 is 15.1 Å². The molecule has 2 nitrogen and oxygen atoms in total. The Hall–Kier alpha value is -0.320. The van der Waals surface area contributed by atoms with Gasteiger partial charge in [0.2, 0.25) is 0 Å². The highest BCUT2D eigenvalue weighted by Crippen LogP contribution is 2.28. The first-order valence-corrected chi connectivity index (χ1v) is 5.36. The molecule has 1 aromatic rings. The van der Waals surface area contributed by atoms with Crippen LogP contribution in [0.5, 0.6) is 0 Å². The fourth-order valence-electron chi connectivity index (χ4n) is 0.818. The number of aryl methyl sites for hydroxylation is 1. The van der Waals surface area contributed by atoms with Crippen molar-refractivity contribution in [3.63, 3.8) is 0 Å². The third-order valence-corrected chi connectivity index (χ3v) is 3.17. The molecule has 0 spiro atoms. The van der Waals surface area contributed by atoms with Crippen molar-refractivity contribution in [1.82, 2.24) is 0 Å². The van der Waals surface area contributed by atoms with Gasteiger partial charge in [0.25, 0.3) is 0 Å². The van der Waals surface area contributed by atoms with Gasteiger partial charge in [0.1, 0.15) is 4.90 Å². The number of benzene rings is 1. The summed E-state index contributed by atoms with van der Waals surface area (Å²) in [5, 5.41) is 0.0931. The van der Waals surface area contributed by atoms with Gasteiger partial charge in [0.15, 0.2) is 0 Å². The fourth-order valence-corrected chi connectivity index (χ4v) is 2.09. The van der Waals surface area contributed by atoms with E-state index in [1.807, 2.05) is 0 Å². The van der Waals surface area contributed by atoms with Crippen molar-refractivity contribution in [2.24, 2.45) is 0 Å². The van der Waals surface area contributed by atoms with Crippen LogP contribution in [0.2, 0.25) is 10.0 Å². The molecule has 13 heavy (non-hydrogen) atoms. The molecule has 0 aliphatic rings. The largest absolute Gasteiger partial charge is 0.333 e. The van der Waals surface area contributed by atoms with Crippen LogP contribution in [0.3, 0.4) is 0 Å². The van der Waals surface area contributed by atoms with Crippen LogP contribution >= 0.6 is 23.2 Å². The van der Waals surface area contributed by atoms with Gasteiger partial charge in [-0.2, -0.15) is 8.42 Å². The molecule has 0 amide bonds. The number of hydrogen-bond acceptors (Lipinski definition) is 2. The second-order valence-corrected chi connectivity index (χ2v) is 4.60. The van der Waals surface area contributed by atoms with Gasteiger partial charge in [0.05, 0.1) is 5.02 Å². The molecule has 0 aromatic heterocycles. The van der Waals surface area contributed by atoms with Gasteiger partial charge >= 0.3 is 10.2 Å². The molecular formula is C7H5Cl2FO2S. The van der Waals surface area contributed by atoms with Gasteiger partial charge in [-0.3, -0.25) is 0 Å². The highest BCUT2D eigenvalue weighted by molar-refractivity contribution is 7.86. The van der Waals surface area contributed by atoms with Crippen molar-refractivity contribution in [2.75, 3.05) is 0 Å². The Bertz CT molecular complexity index is 442. The topological polar surface area (TPSA) is 34.1 Å². The van der Waals surface area contributed by atoms with E-state index in [1.54, 1.807) is 6.92 Å². The minimum atomic E-state index is -4.76. The molecule has 72 valence electrons. The molecule has 0 saturated heterocycles. The second-order valence-electron chi connectivity index (χ2n) is 2.47.